The van der Waals surface area contributed by atoms with Crippen LogP contribution in [0.25, 0.3) is 22.0 Å². The van der Waals surface area contributed by atoms with Gasteiger partial charge in [0.25, 0.3) is 0 Å². The van der Waals surface area contributed by atoms with Crippen molar-refractivity contribution < 1.29 is 9.47 Å². The van der Waals surface area contributed by atoms with Crippen molar-refractivity contribution in [3.63, 3.8) is 0 Å². The molecule has 0 spiro atoms. The fraction of sp³-hybridized carbons (Fsp3) is 0.125. The first-order valence-corrected chi connectivity index (χ1v) is 9.93. The smallest absolute Gasteiger partial charge is 0.163 e. The Morgan fingerprint density at radius 3 is 2.38 bits per heavy atom. The van der Waals surface area contributed by atoms with E-state index >= 15 is 0 Å². The normalized spacial score (nSPS) is 12.7. The Balaban J connectivity index is 1.60. The number of halogens is 1. The van der Waals surface area contributed by atoms with Crippen LogP contribution in [0.5, 0.6) is 11.5 Å². The van der Waals surface area contributed by atoms with Crippen LogP contribution in [0.3, 0.4) is 0 Å². The minimum atomic E-state index is 0.550. The van der Waals surface area contributed by atoms with Crippen molar-refractivity contribution in [1.82, 2.24) is 4.98 Å². The van der Waals surface area contributed by atoms with Gasteiger partial charge in [-0.15, -0.1) is 0 Å². The van der Waals surface area contributed by atoms with E-state index in [1.807, 2.05) is 54.6 Å². The Kier molecular flexibility index (Phi) is 4.70. The van der Waals surface area contributed by atoms with E-state index in [9.17, 15) is 0 Å². The van der Waals surface area contributed by atoms with E-state index in [1.54, 1.807) is 0 Å². The van der Waals surface area contributed by atoms with Gasteiger partial charge in [0, 0.05) is 23.0 Å². The molecule has 0 fully saturated rings. The van der Waals surface area contributed by atoms with Crippen molar-refractivity contribution in [1.29, 1.82) is 0 Å². The van der Waals surface area contributed by atoms with E-state index in [1.165, 1.54) is 0 Å². The summed E-state index contributed by atoms with van der Waals surface area (Å²) < 4.78 is 11.5. The summed E-state index contributed by atoms with van der Waals surface area (Å²) in [6.45, 7) is 1.70. The minimum absolute atomic E-state index is 0.550. The van der Waals surface area contributed by atoms with Gasteiger partial charge in [-0.1, -0.05) is 60.1 Å². The molecule has 1 aromatic heterocycles. The van der Waals surface area contributed by atoms with Crippen molar-refractivity contribution in [2.45, 2.75) is 6.54 Å². The van der Waals surface area contributed by atoms with E-state index in [4.69, 9.17) is 26.1 Å². The monoisotopic (exact) mass is 402 g/mol. The van der Waals surface area contributed by atoms with E-state index in [-0.39, 0.29) is 0 Å². The van der Waals surface area contributed by atoms with Crippen LogP contribution >= 0.6 is 11.6 Å². The maximum Gasteiger partial charge on any atom is 0.163 e. The highest BCUT2D eigenvalue weighted by Gasteiger charge is 2.16. The van der Waals surface area contributed by atoms with Crippen molar-refractivity contribution >= 4 is 28.3 Å². The Bertz CT molecular complexity index is 1180. The number of hydrogen-bond acceptors (Lipinski definition) is 4. The predicted octanol–water partition coefficient (Wildman–Crippen LogP) is 5.94. The molecule has 0 saturated heterocycles. The molecule has 2 heterocycles. The average Bonchev–Trinajstić information content (AvgIpc) is 2.77. The molecule has 0 radical (unpaired) electrons. The van der Waals surface area contributed by atoms with Crippen molar-refractivity contribution in [3.8, 4) is 22.6 Å². The van der Waals surface area contributed by atoms with Gasteiger partial charge in [-0.2, -0.15) is 0 Å². The number of rotatable bonds is 4. The van der Waals surface area contributed by atoms with Gasteiger partial charge < -0.3 is 14.8 Å². The molecule has 0 unspecified atom stereocenters. The molecule has 1 N–H and O–H groups in total. The van der Waals surface area contributed by atoms with Gasteiger partial charge in [-0.25, -0.2) is 4.98 Å². The molecule has 5 rings (SSSR count). The van der Waals surface area contributed by atoms with Gasteiger partial charge in [-0.3, -0.25) is 0 Å². The van der Waals surface area contributed by atoms with Crippen LogP contribution in [0.15, 0.2) is 72.8 Å². The van der Waals surface area contributed by atoms with Crippen LogP contribution in [0.2, 0.25) is 5.02 Å². The van der Waals surface area contributed by atoms with Crippen molar-refractivity contribution in [2.75, 3.05) is 18.5 Å². The van der Waals surface area contributed by atoms with Crippen LogP contribution in [-0.2, 0) is 6.54 Å². The van der Waals surface area contributed by atoms with Crippen molar-refractivity contribution in [3.05, 3.63) is 83.4 Å². The second kappa shape index (κ2) is 7.64. The number of hydrogen-bond donors (Lipinski definition) is 1. The number of anilines is 1. The number of pyridine rings is 1. The summed E-state index contributed by atoms with van der Waals surface area (Å²) in [4.78, 5) is 4.82. The summed E-state index contributed by atoms with van der Waals surface area (Å²) in [5, 5.41) is 5.19. The fourth-order valence-corrected chi connectivity index (χ4v) is 3.74. The molecule has 5 heteroatoms. The molecular formula is C24H19ClN2O2. The predicted molar refractivity (Wildman–Crippen MR) is 117 cm³/mol. The summed E-state index contributed by atoms with van der Waals surface area (Å²) in [7, 11) is 0. The van der Waals surface area contributed by atoms with E-state index < -0.39 is 0 Å². The van der Waals surface area contributed by atoms with Gasteiger partial charge in [0.2, 0.25) is 0 Å². The number of ether oxygens (including phenoxy) is 2. The lowest BCUT2D eigenvalue weighted by atomic mass is 10.0. The molecule has 144 valence electrons. The zero-order valence-electron chi connectivity index (χ0n) is 15.7. The minimum Gasteiger partial charge on any atom is -0.486 e. The standard InChI is InChI=1S/C24H19ClN2O2/c25-20-9-5-4-8-17(20)15-26-24-13-18(16-6-2-1-3-7-16)19-12-22-23(14-21(19)27-24)29-11-10-28-22/h1-9,12-14H,10-11,15H2,(H,26,27). The second-order valence-corrected chi connectivity index (χ2v) is 7.29. The molecule has 1 aliphatic rings. The summed E-state index contributed by atoms with van der Waals surface area (Å²) in [6.07, 6.45) is 0. The van der Waals surface area contributed by atoms with E-state index in [0.717, 1.165) is 49.9 Å². The van der Waals surface area contributed by atoms with Gasteiger partial charge in [-0.05, 0) is 34.9 Å². The summed E-state index contributed by atoms with van der Waals surface area (Å²) in [5.74, 6) is 2.28. The Hall–Kier alpha value is -3.24. The highest BCUT2D eigenvalue weighted by molar-refractivity contribution is 6.31. The number of nitrogens with one attached hydrogen (secondary N) is 1. The van der Waals surface area contributed by atoms with Gasteiger partial charge in [0.1, 0.15) is 19.0 Å². The summed E-state index contributed by atoms with van der Waals surface area (Å²) >= 11 is 6.30. The first kappa shape index (κ1) is 17.8. The fourth-order valence-electron chi connectivity index (χ4n) is 3.54. The zero-order chi connectivity index (χ0) is 19.6. The number of nitrogens with zero attached hydrogens (tertiary/aromatic N) is 1. The maximum atomic E-state index is 6.30. The quantitative estimate of drug-likeness (QED) is 0.459. The van der Waals surface area contributed by atoms with E-state index in [0.29, 0.717) is 19.8 Å². The van der Waals surface area contributed by atoms with Gasteiger partial charge in [0.15, 0.2) is 11.5 Å². The number of aromatic nitrogens is 1. The Labute approximate surface area is 174 Å². The lowest BCUT2D eigenvalue weighted by molar-refractivity contribution is 0.172. The Morgan fingerprint density at radius 1 is 0.862 bits per heavy atom. The summed E-state index contributed by atoms with van der Waals surface area (Å²) in [5.41, 5.74) is 4.10. The molecule has 0 aliphatic carbocycles. The van der Waals surface area contributed by atoms with Gasteiger partial charge in [0.05, 0.1) is 5.52 Å². The number of fused-ring (bicyclic) bond motifs is 2. The molecule has 3 aromatic carbocycles. The lowest BCUT2D eigenvalue weighted by Crippen LogP contribution is -2.15. The van der Waals surface area contributed by atoms with Crippen LogP contribution in [-0.4, -0.2) is 18.2 Å². The first-order valence-electron chi connectivity index (χ1n) is 9.55. The molecular weight excluding hydrogens is 384 g/mol. The molecule has 0 amide bonds. The molecule has 0 atom stereocenters. The molecule has 0 bridgehead atoms. The molecule has 4 nitrogen and oxygen atoms in total. The average molecular weight is 403 g/mol. The topological polar surface area (TPSA) is 43.4 Å². The number of benzene rings is 3. The van der Waals surface area contributed by atoms with Gasteiger partial charge >= 0.3 is 0 Å². The third-order valence-corrected chi connectivity index (χ3v) is 5.34. The lowest BCUT2D eigenvalue weighted by Gasteiger charge is -2.20. The van der Waals surface area contributed by atoms with Crippen LogP contribution in [0.4, 0.5) is 5.82 Å². The summed E-state index contributed by atoms with van der Waals surface area (Å²) in [6, 6.07) is 24.2. The zero-order valence-corrected chi connectivity index (χ0v) is 16.4. The van der Waals surface area contributed by atoms with Crippen LogP contribution < -0.4 is 14.8 Å². The molecule has 0 saturated carbocycles. The highest BCUT2D eigenvalue weighted by atomic mass is 35.5. The van der Waals surface area contributed by atoms with E-state index in [2.05, 4.69) is 23.5 Å². The molecule has 29 heavy (non-hydrogen) atoms. The Morgan fingerprint density at radius 2 is 1.59 bits per heavy atom. The van der Waals surface area contributed by atoms with Crippen molar-refractivity contribution in [2.24, 2.45) is 0 Å². The second-order valence-electron chi connectivity index (χ2n) is 6.88. The maximum absolute atomic E-state index is 6.30. The van der Waals surface area contributed by atoms with Crippen LogP contribution in [0.1, 0.15) is 5.56 Å². The SMILES string of the molecule is Clc1ccccc1CNc1cc(-c2ccccc2)c2cc3c(cc2n1)OCCO3. The molecule has 4 aromatic rings. The highest BCUT2D eigenvalue weighted by Crippen LogP contribution is 2.39. The largest absolute Gasteiger partial charge is 0.486 e. The third-order valence-electron chi connectivity index (χ3n) is 4.98. The third kappa shape index (κ3) is 3.59. The van der Waals surface area contributed by atoms with Crippen LogP contribution in [0, 0.1) is 0 Å². The first-order chi connectivity index (χ1) is 14.3. The molecule has 1 aliphatic heterocycles.